The van der Waals surface area contributed by atoms with Gasteiger partial charge >= 0.3 is 0 Å². The maximum absolute atomic E-state index is 11.7. The van der Waals surface area contributed by atoms with Gasteiger partial charge in [0.1, 0.15) is 5.01 Å². The number of benzene rings is 1. The first-order chi connectivity index (χ1) is 10.5. The molecule has 9 heteroatoms. The number of anilines is 1. The van der Waals surface area contributed by atoms with E-state index in [1.165, 1.54) is 13.1 Å². The maximum atomic E-state index is 11.7. The Bertz CT molecular complexity index is 716. The van der Waals surface area contributed by atoms with Gasteiger partial charge in [-0.2, -0.15) is 5.10 Å². The van der Waals surface area contributed by atoms with Gasteiger partial charge in [-0.3, -0.25) is 9.59 Å². The molecular weight excluding hydrogens is 326 g/mol. The van der Waals surface area contributed by atoms with Crippen LogP contribution in [-0.4, -0.2) is 28.2 Å². The van der Waals surface area contributed by atoms with Gasteiger partial charge in [0.05, 0.1) is 12.6 Å². The highest BCUT2D eigenvalue weighted by atomic mass is 35.5. The minimum Gasteiger partial charge on any atom is -0.301 e. The fourth-order valence-electron chi connectivity index (χ4n) is 1.46. The number of nitrogens with zero attached hydrogens (tertiary/aromatic N) is 3. The number of halogens is 1. The molecule has 2 amide bonds. The van der Waals surface area contributed by atoms with E-state index in [9.17, 15) is 9.59 Å². The third kappa shape index (κ3) is 4.90. The van der Waals surface area contributed by atoms with Gasteiger partial charge in [0, 0.05) is 17.5 Å². The quantitative estimate of drug-likeness (QED) is 0.642. The summed E-state index contributed by atoms with van der Waals surface area (Å²) in [4.78, 5) is 22.6. The molecule has 0 spiro atoms. The maximum Gasteiger partial charge on any atom is 0.247 e. The van der Waals surface area contributed by atoms with Crippen molar-refractivity contribution in [3.05, 3.63) is 39.9 Å². The summed E-state index contributed by atoms with van der Waals surface area (Å²) in [5, 5.41) is 15.3. The van der Waals surface area contributed by atoms with Gasteiger partial charge in [-0.05, 0) is 6.07 Å². The van der Waals surface area contributed by atoms with Crippen LogP contribution in [-0.2, 0) is 16.0 Å². The summed E-state index contributed by atoms with van der Waals surface area (Å²) < 4.78 is 0. The molecular formula is C13H12ClN5O2S. The molecule has 0 bridgehead atoms. The number of hydrogen-bond donors (Lipinski definition) is 2. The summed E-state index contributed by atoms with van der Waals surface area (Å²) in [6.07, 6.45) is 1.49. The van der Waals surface area contributed by atoms with Crippen LogP contribution in [0.15, 0.2) is 29.4 Å². The summed E-state index contributed by atoms with van der Waals surface area (Å²) in [5.74, 6) is -0.578. The Labute approximate surface area is 135 Å². The number of carbonyl (C=O) groups is 2. The largest absolute Gasteiger partial charge is 0.301 e. The second-order valence-electron chi connectivity index (χ2n) is 4.17. The summed E-state index contributed by atoms with van der Waals surface area (Å²) in [5.41, 5.74) is 3.08. The van der Waals surface area contributed by atoms with Crippen molar-refractivity contribution in [2.24, 2.45) is 5.10 Å². The lowest BCUT2D eigenvalue weighted by atomic mass is 10.2. The van der Waals surface area contributed by atoms with Crippen molar-refractivity contribution in [3.63, 3.8) is 0 Å². The summed E-state index contributed by atoms with van der Waals surface area (Å²) in [6, 6.07) is 7.14. The number of amides is 2. The second-order valence-corrected chi connectivity index (χ2v) is 5.64. The van der Waals surface area contributed by atoms with Gasteiger partial charge < -0.3 is 5.32 Å². The Kier molecular flexibility index (Phi) is 5.56. The fraction of sp³-hybridized carbons (Fsp3) is 0.154. The number of carbonyl (C=O) groups excluding carboxylic acids is 2. The average Bonchev–Trinajstić information content (AvgIpc) is 2.87. The minimum absolute atomic E-state index is 0.0249. The molecule has 0 aliphatic heterocycles. The molecule has 0 radical (unpaired) electrons. The van der Waals surface area contributed by atoms with Crippen molar-refractivity contribution >= 4 is 46.1 Å². The van der Waals surface area contributed by atoms with E-state index in [1.54, 1.807) is 18.2 Å². The van der Waals surface area contributed by atoms with Crippen molar-refractivity contribution in [1.82, 2.24) is 15.6 Å². The van der Waals surface area contributed by atoms with Crippen molar-refractivity contribution in [1.29, 1.82) is 0 Å². The van der Waals surface area contributed by atoms with Crippen LogP contribution in [0.2, 0.25) is 5.02 Å². The molecule has 7 nitrogen and oxygen atoms in total. The van der Waals surface area contributed by atoms with E-state index >= 15 is 0 Å². The molecule has 0 atom stereocenters. The van der Waals surface area contributed by atoms with Gasteiger partial charge in [0.15, 0.2) is 0 Å². The standard InChI is InChI=1S/C13H12ClN5O2S/c1-8(20)16-13-19-18-12(22-13)6-11(21)17-15-7-9-4-2-3-5-10(9)14/h2-5,7H,6H2,1H3,(H,17,21)(H,16,19,20)/b15-7-. The molecule has 2 rings (SSSR count). The van der Waals surface area contributed by atoms with Crippen molar-refractivity contribution in [2.45, 2.75) is 13.3 Å². The van der Waals surface area contributed by atoms with Crippen LogP contribution in [0.25, 0.3) is 0 Å². The van der Waals surface area contributed by atoms with Gasteiger partial charge in [0.2, 0.25) is 16.9 Å². The molecule has 22 heavy (non-hydrogen) atoms. The van der Waals surface area contributed by atoms with Crippen LogP contribution in [0.5, 0.6) is 0 Å². The Morgan fingerprint density at radius 2 is 2.14 bits per heavy atom. The number of nitrogens with one attached hydrogen (secondary N) is 2. The van der Waals surface area contributed by atoms with Crippen LogP contribution in [0.3, 0.4) is 0 Å². The molecule has 1 aromatic carbocycles. The third-order valence-electron chi connectivity index (χ3n) is 2.36. The van der Waals surface area contributed by atoms with Crippen LogP contribution in [0.4, 0.5) is 5.13 Å². The lowest BCUT2D eigenvalue weighted by molar-refractivity contribution is -0.120. The zero-order chi connectivity index (χ0) is 15.9. The zero-order valence-electron chi connectivity index (χ0n) is 11.5. The van der Waals surface area contributed by atoms with Gasteiger partial charge in [-0.15, -0.1) is 10.2 Å². The second kappa shape index (κ2) is 7.62. The Hall–Kier alpha value is -2.32. The van der Waals surface area contributed by atoms with Crippen LogP contribution >= 0.6 is 22.9 Å². The minimum atomic E-state index is -0.339. The van der Waals surface area contributed by atoms with E-state index in [4.69, 9.17) is 11.6 Å². The Morgan fingerprint density at radius 1 is 1.36 bits per heavy atom. The van der Waals surface area contributed by atoms with E-state index in [2.05, 4.69) is 26.0 Å². The van der Waals surface area contributed by atoms with E-state index in [1.807, 2.05) is 6.07 Å². The van der Waals surface area contributed by atoms with E-state index in [0.717, 1.165) is 11.3 Å². The first-order valence-electron chi connectivity index (χ1n) is 6.21. The predicted octanol–water partition coefficient (Wildman–Crippen LogP) is 1.84. The summed E-state index contributed by atoms with van der Waals surface area (Å²) in [6.45, 7) is 1.37. The summed E-state index contributed by atoms with van der Waals surface area (Å²) >= 11 is 7.09. The number of hydrogen-bond acceptors (Lipinski definition) is 6. The predicted molar refractivity (Wildman–Crippen MR) is 85.1 cm³/mol. The Balaban J connectivity index is 1.87. The highest BCUT2D eigenvalue weighted by Crippen LogP contribution is 2.15. The Morgan fingerprint density at radius 3 is 2.86 bits per heavy atom. The molecule has 1 heterocycles. The number of aromatic nitrogens is 2. The van der Waals surface area contributed by atoms with Gasteiger partial charge in [-0.25, -0.2) is 5.43 Å². The van der Waals surface area contributed by atoms with Crippen LogP contribution in [0.1, 0.15) is 17.5 Å². The third-order valence-corrected chi connectivity index (χ3v) is 3.54. The summed E-state index contributed by atoms with van der Waals surface area (Å²) in [7, 11) is 0. The van der Waals surface area contributed by atoms with E-state index in [-0.39, 0.29) is 18.2 Å². The van der Waals surface area contributed by atoms with Gasteiger partial charge in [-0.1, -0.05) is 41.1 Å². The monoisotopic (exact) mass is 337 g/mol. The highest BCUT2D eigenvalue weighted by molar-refractivity contribution is 7.15. The van der Waals surface area contributed by atoms with Crippen molar-refractivity contribution in [3.8, 4) is 0 Å². The van der Waals surface area contributed by atoms with Gasteiger partial charge in [0.25, 0.3) is 0 Å². The molecule has 2 aromatic rings. The molecule has 0 unspecified atom stereocenters. The molecule has 114 valence electrons. The molecule has 0 aliphatic rings. The van der Waals surface area contributed by atoms with Crippen LogP contribution in [0, 0.1) is 0 Å². The van der Waals surface area contributed by atoms with E-state index < -0.39 is 0 Å². The van der Waals surface area contributed by atoms with Crippen molar-refractivity contribution in [2.75, 3.05) is 5.32 Å². The highest BCUT2D eigenvalue weighted by Gasteiger charge is 2.09. The number of hydrazone groups is 1. The smallest absolute Gasteiger partial charge is 0.247 e. The molecule has 0 fully saturated rings. The molecule has 2 N–H and O–H groups in total. The topological polar surface area (TPSA) is 96.3 Å². The first-order valence-corrected chi connectivity index (χ1v) is 7.40. The SMILES string of the molecule is CC(=O)Nc1nnc(CC(=O)N/N=C\c2ccccc2Cl)s1. The molecule has 1 aromatic heterocycles. The number of rotatable bonds is 5. The average molecular weight is 338 g/mol. The molecule has 0 saturated heterocycles. The lowest BCUT2D eigenvalue weighted by Gasteiger charge is -1.98. The fourth-order valence-corrected chi connectivity index (χ4v) is 2.43. The molecule has 0 saturated carbocycles. The lowest BCUT2D eigenvalue weighted by Crippen LogP contribution is -2.19. The van der Waals surface area contributed by atoms with E-state index in [0.29, 0.717) is 20.7 Å². The zero-order valence-corrected chi connectivity index (χ0v) is 13.1. The van der Waals surface area contributed by atoms with Crippen molar-refractivity contribution < 1.29 is 9.59 Å². The van der Waals surface area contributed by atoms with Crippen LogP contribution < -0.4 is 10.7 Å². The normalized spacial score (nSPS) is 10.6. The molecule has 0 aliphatic carbocycles. The first kappa shape index (κ1) is 16.1.